The molecule has 0 radical (unpaired) electrons. The first-order valence-corrected chi connectivity index (χ1v) is 7.14. The summed E-state index contributed by atoms with van der Waals surface area (Å²) in [4.78, 5) is 11.6. The second kappa shape index (κ2) is 3.40. The molecule has 18 heavy (non-hydrogen) atoms. The van der Waals surface area contributed by atoms with Crippen LogP contribution in [0.3, 0.4) is 0 Å². The zero-order chi connectivity index (χ0) is 13.2. The Kier molecular flexibility index (Phi) is 2.31. The summed E-state index contributed by atoms with van der Waals surface area (Å²) in [5.74, 6) is 0.870. The average Bonchev–Trinajstić information content (AvgIpc) is 2.21. The first-order chi connectivity index (χ1) is 8.29. The lowest BCUT2D eigenvalue weighted by atomic mass is 9.39. The summed E-state index contributed by atoms with van der Waals surface area (Å²) in [6.07, 6.45) is 7.62. The molecule has 2 unspecified atom stereocenters. The number of esters is 1. The van der Waals surface area contributed by atoms with Gasteiger partial charge in [0.25, 0.3) is 0 Å². The molecule has 1 spiro atoms. The molecule has 3 bridgehead atoms. The van der Waals surface area contributed by atoms with Crippen LogP contribution in [-0.2, 0) is 9.53 Å². The first-order valence-electron chi connectivity index (χ1n) is 7.14. The van der Waals surface area contributed by atoms with Gasteiger partial charge in [-0.15, -0.1) is 0 Å². The molecule has 4 fully saturated rings. The fourth-order valence-electron chi connectivity index (χ4n) is 5.29. The van der Waals surface area contributed by atoms with Crippen molar-refractivity contribution in [2.24, 2.45) is 22.7 Å². The molecule has 2 nitrogen and oxygen atoms in total. The molecular formula is C16H24O2. The summed E-state index contributed by atoms with van der Waals surface area (Å²) in [5.41, 5.74) is 0.734. The highest BCUT2D eigenvalue weighted by atomic mass is 16.6. The van der Waals surface area contributed by atoms with Crippen molar-refractivity contribution in [2.45, 2.75) is 58.5 Å². The van der Waals surface area contributed by atoms with Crippen LogP contribution in [0.15, 0.2) is 12.7 Å². The van der Waals surface area contributed by atoms with Crippen molar-refractivity contribution >= 4 is 5.97 Å². The van der Waals surface area contributed by atoms with E-state index < -0.39 is 0 Å². The van der Waals surface area contributed by atoms with Gasteiger partial charge in [-0.3, -0.25) is 0 Å². The van der Waals surface area contributed by atoms with Crippen molar-refractivity contribution in [3.8, 4) is 0 Å². The van der Waals surface area contributed by atoms with E-state index in [1.807, 2.05) is 0 Å². The van der Waals surface area contributed by atoms with E-state index in [9.17, 15) is 4.79 Å². The normalized spacial score (nSPS) is 47.9. The van der Waals surface area contributed by atoms with Crippen LogP contribution >= 0.6 is 0 Å². The molecule has 4 aliphatic carbocycles. The monoisotopic (exact) mass is 248 g/mol. The van der Waals surface area contributed by atoms with Crippen LogP contribution in [0, 0.1) is 22.7 Å². The third-order valence-electron chi connectivity index (χ3n) is 5.80. The van der Waals surface area contributed by atoms with Crippen LogP contribution in [0.2, 0.25) is 0 Å². The van der Waals surface area contributed by atoms with Crippen LogP contribution in [0.25, 0.3) is 0 Å². The molecule has 4 rings (SSSR count). The second-order valence-electron chi connectivity index (χ2n) is 7.86. The van der Waals surface area contributed by atoms with Gasteiger partial charge < -0.3 is 4.74 Å². The van der Waals surface area contributed by atoms with Gasteiger partial charge in [-0.2, -0.15) is 0 Å². The van der Waals surface area contributed by atoms with Gasteiger partial charge in [-0.05, 0) is 61.7 Å². The van der Waals surface area contributed by atoms with Crippen molar-refractivity contribution in [1.29, 1.82) is 0 Å². The number of rotatable bonds is 2. The van der Waals surface area contributed by atoms with Gasteiger partial charge in [0.05, 0.1) is 0 Å². The number of carbonyl (C=O) groups is 1. The van der Waals surface area contributed by atoms with Gasteiger partial charge in [-0.1, -0.05) is 20.4 Å². The SMILES string of the molecule is C=CC(=O)OC1(C)C2CC(C)(C)CC3(C2)CC1C3. The fourth-order valence-corrected chi connectivity index (χ4v) is 5.29. The topological polar surface area (TPSA) is 26.3 Å². The molecule has 2 atom stereocenters. The fraction of sp³-hybridized carbons (Fsp3) is 0.812. The van der Waals surface area contributed by atoms with Gasteiger partial charge >= 0.3 is 5.97 Å². The Bertz CT molecular complexity index is 401. The minimum Gasteiger partial charge on any atom is -0.456 e. The highest BCUT2D eigenvalue weighted by molar-refractivity contribution is 5.81. The van der Waals surface area contributed by atoms with Crippen LogP contribution in [0.5, 0.6) is 0 Å². The van der Waals surface area contributed by atoms with Crippen molar-refractivity contribution in [3.63, 3.8) is 0 Å². The Hall–Kier alpha value is -0.790. The largest absolute Gasteiger partial charge is 0.456 e. The molecular weight excluding hydrogens is 224 g/mol. The number of hydrogen-bond donors (Lipinski definition) is 0. The van der Waals surface area contributed by atoms with Gasteiger partial charge in [0.15, 0.2) is 0 Å². The third-order valence-corrected chi connectivity index (χ3v) is 5.80. The molecule has 0 aromatic rings. The predicted molar refractivity (Wildman–Crippen MR) is 71.0 cm³/mol. The third kappa shape index (κ3) is 1.57. The van der Waals surface area contributed by atoms with E-state index in [0.717, 1.165) is 0 Å². The van der Waals surface area contributed by atoms with Crippen molar-refractivity contribution in [2.75, 3.05) is 0 Å². The second-order valence-corrected chi connectivity index (χ2v) is 7.86. The maximum Gasteiger partial charge on any atom is 0.330 e. The van der Waals surface area contributed by atoms with Crippen LogP contribution in [0.4, 0.5) is 0 Å². The van der Waals surface area contributed by atoms with E-state index >= 15 is 0 Å². The maximum absolute atomic E-state index is 11.6. The zero-order valence-corrected chi connectivity index (χ0v) is 11.8. The first kappa shape index (κ1) is 12.3. The van der Waals surface area contributed by atoms with Crippen LogP contribution < -0.4 is 0 Å². The van der Waals surface area contributed by atoms with Crippen LogP contribution in [-0.4, -0.2) is 11.6 Å². The smallest absolute Gasteiger partial charge is 0.330 e. The molecule has 2 heteroatoms. The molecule has 100 valence electrons. The van der Waals surface area contributed by atoms with Crippen molar-refractivity contribution < 1.29 is 9.53 Å². The average molecular weight is 248 g/mol. The lowest BCUT2D eigenvalue weighted by Gasteiger charge is -2.68. The van der Waals surface area contributed by atoms with Crippen molar-refractivity contribution in [3.05, 3.63) is 12.7 Å². The van der Waals surface area contributed by atoms with E-state index in [4.69, 9.17) is 4.74 Å². The van der Waals surface area contributed by atoms with Gasteiger partial charge in [0.1, 0.15) is 5.60 Å². The Morgan fingerprint density at radius 1 is 1.17 bits per heavy atom. The Morgan fingerprint density at radius 3 is 2.28 bits per heavy atom. The lowest BCUT2D eigenvalue weighted by Crippen LogP contribution is -2.65. The number of carbonyl (C=O) groups excluding carboxylic acids is 1. The molecule has 0 amide bonds. The summed E-state index contributed by atoms with van der Waals surface area (Å²) in [5, 5.41) is 0. The Labute approximate surface area is 110 Å². The van der Waals surface area contributed by atoms with E-state index in [1.165, 1.54) is 38.2 Å². The highest BCUT2D eigenvalue weighted by Crippen LogP contribution is 2.70. The molecule has 4 aliphatic rings. The lowest BCUT2D eigenvalue weighted by molar-refractivity contribution is -0.244. The van der Waals surface area contributed by atoms with Crippen molar-refractivity contribution in [1.82, 2.24) is 0 Å². The predicted octanol–water partition coefficient (Wildman–Crippen LogP) is 3.71. The van der Waals surface area contributed by atoms with Gasteiger partial charge in [0, 0.05) is 6.08 Å². The number of ether oxygens (including phenoxy) is 1. The molecule has 0 N–H and O–H groups in total. The minimum absolute atomic E-state index is 0.245. The molecule has 4 saturated carbocycles. The molecule has 0 heterocycles. The van der Waals surface area contributed by atoms with E-state index in [-0.39, 0.29) is 11.6 Å². The molecule has 0 aromatic heterocycles. The highest BCUT2D eigenvalue weighted by Gasteiger charge is 2.66. The summed E-state index contributed by atoms with van der Waals surface area (Å²) in [6.45, 7) is 10.4. The van der Waals surface area contributed by atoms with E-state index in [1.54, 1.807) is 0 Å². The number of hydrogen-bond acceptors (Lipinski definition) is 2. The quantitative estimate of drug-likeness (QED) is 0.550. The summed E-state index contributed by atoms with van der Waals surface area (Å²) >= 11 is 0. The minimum atomic E-state index is -0.250. The summed E-state index contributed by atoms with van der Waals surface area (Å²) < 4.78 is 5.80. The van der Waals surface area contributed by atoms with Gasteiger partial charge in [0.2, 0.25) is 0 Å². The summed E-state index contributed by atoms with van der Waals surface area (Å²) in [6, 6.07) is 0. The Balaban J connectivity index is 1.88. The van der Waals surface area contributed by atoms with Gasteiger partial charge in [-0.25, -0.2) is 4.79 Å². The summed E-state index contributed by atoms with van der Waals surface area (Å²) in [7, 11) is 0. The van der Waals surface area contributed by atoms with E-state index in [2.05, 4.69) is 27.4 Å². The Morgan fingerprint density at radius 2 is 1.72 bits per heavy atom. The maximum atomic E-state index is 11.6. The molecule has 0 aliphatic heterocycles. The standard InChI is InChI=1S/C16H24O2/c1-5-13(17)18-15(4)11-6-14(2,3)10-16(7-11)8-12(15)9-16/h5,11-12H,1,6-10H2,2-4H3. The molecule has 0 saturated heterocycles. The van der Waals surface area contributed by atoms with Crippen LogP contribution in [0.1, 0.15) is 52.9 Å². The molecule has 0 aromatic carbocycles. The zero-order valence-electron chi connectivity index (χ0n) is 11.8. The van der Waals surface area contributed by atoms with E-state index in [0.29, 0.717) is 22.7 Å².